The molecule has 2 rings (SSSR count). The second-order valence-electron chi connectivity index (χ2n) is 10.8. The second-order valence-corrected chi connectivity index (χ2v) is 19.9. The average molecular weight is 453 g/mol. The molecule has 0 saturated carbocycles. The lowest BCUT2D eigenvalue weighted by atomic mass is 10.2. The first-order valence-electron chi connectivity index (χ1n) is 11.2. The molecule has 0 amide bonds. The fraction of sp³-hybridized carbons (Fsp3) is 0.481. The van der Waals surface area contributed by atoms with E-state index in [1.807, 2.05) is 0 Å². The van der Waals surface area contributed by atoms with Crippen molar-refractivity contribution in [3.8, 4) is 12.3 Å². The van der Waals surface area contributed by atoms with Crippen LogP contribution in [0.2, 0.25) is 23.2 Å². The Bertz CT molecular complexity index is 817. The molecule has 4 heteroatoms. The fourth-order valence-electron chi connectivity index (χ4n) is 3.72. The normalized spacial score (nSPS) is 14.2. The third kappa shape index (κ3) is 5.78. The lowest BCUT2D eigenvalue weighted by Crippen LogP contribution is -2.67. The van der Waals surface area contributed by atoms with Crippen LogP contribution in [0.1, 0.15) is 48.0 Å². The van der Waals surface area contributed by atoms with Crippen LogP contribution in [0, 0.1) is 12.3 Å². The van der Waals surface area contributed by atoms with Crippen molar-refractivity contribution in [2.24, 2.45) is 0 Å². The van der Waals surface area contributed by atoms with Crippen molar-refractivity contribution >= 4 is 27.0 Å². The standard InChI is InChI=1S/C27H40O2Si2/c1-10-23(21-22-28-30(8,9)26(2,3)4)29-31(27(5,6)7,24-17-13-11-14-18-24)25-19-15-12-16-20-25/h1,11-20,23H,21-22H2,2-9H3/t23-/m1/s1. The maximum Gasteiger partial charge on any atom is 0.262 e. The van der Waals surface area contributed by atoms with E-state index in [4.69, 9.17) is 15.3 Å². The summed E-state index contributed by atoms with van der Waals surface area (Å²) in [4.78, 5) is 0. The molecule has 0 bridgehead atoms. The molecular weight excluding hydrogens is 412 g/mol. The van der Waals surface area contributed by atoms with Gasteiger partial charge < -0.3 is 8.85 Å². The van der Waals surface area contributed by atoms with E-state index in [0.29, 0.717) is 13.0 Å². The van der Waals surface area contributed by atoms with E-state index in [2.05, 4.69) is 121 Å². The largest absolute Gasteiger partial charge is 0.417 e. The van der Waals surface area contributed by atoms with Crippen LogP contribution in [0.5, 0.6) is 0 Å². The Morgan fingerprint density at radius 1 is 0.806 bits per heavy atom. The van der Waals surface area contributed by atoms with Crippen molar-refractivity contribution in [3.63, 3.8) is 0 Å². The van der Waals surface area contributed by atoms with E-state index >= 15 is 0 Å². The van der Waals surface area contributed by atoms with Crippen LogP contribution < -0.4 is 10.4 Å². The molecule has 0 aromatic heterocycles. The van der Waals surface area contributed by atoms with Crippen LogP contribution >= 0.6 is 0 Å². The fourth-order valence-corrected chi connectivity index (χ4v) is 9.41. The summed E-state index contributed by atoms with van der Waals surface area (Å²) in [5.74, 6) is 2.94. The first kappa shape index (κ1) is 25.6. The molecule has 0 aliphatic heterocycles. The average Bonchev–Trinajstić information content (AvgIpc) is 2.70. The lowest BCUT2D eigenvalue weighted by Gasteiger charge is -2.44. The highest BCUT2D eigenvalue weighted by Gasteiger charge is 2.51. The maximum absolute atomic E-state index is 7.06. The zero-order valence-electron chi connectivity index (χ0n) is 20.7. The number of terminal acetylenes is 1. The summed E-state index contributed by atoms with van der Waals surface area (Å²) in [5.41, 5.74) is 0. The molecule has 0 saturated heterocycles. The van der Waals surface area contributed by atoms with E-state index in [-0.39, 0.29) is 16.2 Å². The summed E-state index contributed by atoms with van der Waals surface area (Å²) in [6.45, 7) is 18.8. The van der Waals surface area contributed by atoms with Crippen LogP contribution in [0.3, 0.4) is 0 Å². The molecule has 1 atom stereocenters. The predicted molar refractivity (Wildman–Crippen MR) is 139 cm³/mol. The van der Waals surface area contributed by atoms with Gasteiger partial charge in [0.15, 0.2) is 8.32 Å². The number of hydrogen-bond acceptors (Lipinski definition) is 2. The molecule has 2 aromatic carbocycles. The summed E-state index contributed by atoms with van der Waals surface area (Å²) >= 11 is 0. The van der Waals surface area contributed by atoms with Gasteiger partial charge in [-0.3, -0.25) is 0 Å². The smallest absolute Gasteiger partial charge is 0.262 e. The third-order valence-corrected chi connectivity index (χ3v) is 16.2. The van der Waals surface area contributed by atoms with Gasteiger partial charge in [0.25, 0.3) is 8.32 Å². The van der Waals surface area contributed by atoms with Crippen molar-refractivity contribution in [2.75, 3.05) is 6.61 Å². The zero-order chi connectivity index (χ0) is 23.3. The van der Waals surface area contributed by atoms with E-state index in [9.17, 15) is 0 Å². The predicted octanol–water partition coefficient (Wildman–Crippen LogP) is 5.98. The molecule has 31 heavy (non-hydrogen) atoms. The van der Waals surface area contributed by atoms with Gasteiger partial charge in [-0.15, -0.1) is 6.42 Å². The van der Waals surface area contributed by atoms with Crippen molar-refractivity contribution < 1.29 is 8.85 Å². The van der Waals surface area contributed by atoms with Crippen LogP contribution in [0.15, 0.2) is 60.7 Å². The Hall–Kier alpha value is -1.65. The molecule has 168 valence electrons. The first-order chi connectivity index (χ1) is 14.3. The molecule has 0 heterocycles. The quantitative estimate of drug-likeness (QED) is 0.362. The van der Waals surface area contributed by atoms with Crippen molar-refractivity contribution in [2.45, 2.75) is 77.2 Å². The Kier molecular flexibility index (Phi) is 8.16. The summed E-state index contributed by atoms with van der Waals surface area (Å²) in [6.07, 6.45) is 6.42. The minimum atomic E-state index is -2.65. The van der Waals surface area contributed by atoms with Gasteiger partial charge in [0.1, 0.15) is 6.10 Å². The third-order valence-electron chi connectivity index (χ3n) is 6.57. The zero-order valence-corrected chi connectivity index (χ0v) is 22.7. The van der Waals surface area contributed by atoms with E-state index in [1.165, 1.54) is 10.4 Å². The van der Waals surface area contributed by atoms with Gasteiger partial charge in [-0.25, -0.2) is 0 Å². The first-order valence-corrected chi connectivity index (χ1v) is 16.1. The molecule has 0 fully saturated rings. The highest BCUT2D eigenvalue weighted by Crippen LogP contribution is 2.39. The van der Waals surface area contributed by atoms with Crippen LogP contribution in [-0.4, -0.2) is 29.3 Å². The minimum Gasteiger partial charge on any atom is -0.417 e. The summed E-state index contributed by atoms with van der Waals surface area (Å²) in [6, 6.07) is 21.3. The Morgan fingerprint density at radius 2 is 1.26 bits per heavy atom. The Morgan fingerprint density at radius 3 is 1.61 bits per heavy atom. The lowest BCUT2D eigenvalue weighted by molar-refractivity contribution is 0.187. The van der Waals surface area contributed by atoms with Gasteiger partial charge in [0.2, 0.25) is 0 Å². The molecule has 0 N–H and O–H groups in total. The van der Waals surface area contributed by atoms with Crippen molar-refractivity contribution in [1.29, 1.82) is 0 Å². The monoisotopic (exact) mass is 452 g/mol. The number of rotatable bonds is 8. The summed E-state index contributed by atoms with van der Waals surface area (Å²) in [5, 5.41) is 2.58. The molecule has 2 nitrogen and oxygen atoms in total. The highest BCUT2D eigenvalue weighted by atomic mass is 28.4. The SMILES string of the molecule is C#C[C@H](CCO[Si](C)(C)C(C)(C)C)O[Si](c1ccccc1)(c1ccccc1)C(C)(C)C. The minimum absolute atomic E-state index is 0.0922. The van der Waals surface area contributed by atoms with Gasteiger partial charge >= 0.3 is 0 Å². The van der Waals surface area contributed by atoms with E-state index < -0.39 is 16.6 Å². The Balaban J connectivity index is 2.40. The molecule has 2 aromatic rings. The van der Waals surface area contributed by atoms with E-state index in [0.717, 1.165) is 0 Å². The Labute approximate surface area is 192 Å². The van der Waals surface area contributed by atoms with Gasteiger partial charge in [0.05, 0.1) is 0 Å². The highest BCUT2D eigenvalue weighted by molar-refractivity contribution is 6.99. The summed E-state index contributed by atoms with van der Waals surface area (Å²) in [7, 11) is -4.47. The van der Waals surface area contributed by atoms with Crippen molar-refractivity contribution in [3.05, 3.63) is 60.7 Å². The van der Waals surface area contributed by atoms with Gasteiger partial charge in [-0.05, 0) is 33.5 Å². The molecular formula is C27H40O2Si2. The molecule has 0 aliphatic carbocycles. The van der Waals surface area contributed by atoms with E-state index in [1.54, 1.807) is 0 Å². The van der Waals surface area contributed by atoms with Crippen LogP contribution in [0.25, 0.3) is 0 Å². The maximum atomic E-state index is 7.06. The molecule has 0 radical (unpaired) electrons. The molecule has 0 unspecified atom stereocenters. The van der Waals surface area contributed by atoms with Gasteiger partial charge in [-0.2, -0.15) is 0 Å². The van der Waals surface area contributed by atoms with Crippen LogP contribution in [0.4, 0.5) is 0 Å². The molecule has 0 aliphatic rings. The summed E-state index contributed by atoms with van der Waals surface area (Å²) < 4.78 is 13.5. The molecule has 0 spiro atoms. The van der Waals surface area contributed by atoms with Gasteiger partial charge in [0, 0.05) is 13.0 Å². The van der Waals surface area contributed by atoms with Crippen LogP contribution in [-0.2, 0) is 8.85 Å². The van der Waals surface area contributed by atoms with Crippen molar-refractivity contribution in [1.82, 2.24) is 0 Å². The number of hydrogen-bond donors (Lipinski definition) is 0. The van der Waals surface area contributed by atoms with Gasteiger partial charge in [-0.1, -0.05) is 108 Å². The topological polar surface area (TPSA) is 18.5 Å². The second kappa shape index (κ2) is 9.87. The number of benzene rings is 2.